The highest BCUT2D eigenvalue weighted by atomic mass is 32.2. The molecule has 3 heterocycles. The average molecular weight is 431 g/mol. The summed E-state index contributed by atoms with van der Waals surface area (Å²) in [4.78, 5) is 27.0. The summed E-state index contributed by atoms with van der Waals surface area (Å²) in [5.41, 5.74) is 4.15. The second-order valence-corrected chi connectivity index (χ2v) is 9.01. The normalized spacial score (nSPS) is 11.4. The van der Waals surface area contributed by atoms with E-state index >= 15 is 0 Å². The van der Waals surface area contributed by atoms with Crippen molar-refractivity contribution in [3.05, 3.63) is 72.1 Å². The van der Waals surface area contributed by atoms with Crippen LogP contribution in [0.5, 0.6) is 0 Å². The molecule has 0 saturated heterocycles. The van der Waals surface area contributed by atoms with Gasteiger partial charge in [0.15, 0.2) is 0 Å². The predicted octanol–water partition coefficient (Wildman–Crippen LogP) is 5.11. The van der Waals surface area contributed by atoms with Gasteiger partial charge in [-0.05, 0) is 30.2 Å². The van der Waals surface area contributed by atoms with Crippen molar-refractivity contribution in [2.24, 2.45) is 0 Å². The molecule has 2 aromatic carbocycles. The van der Waals surface area contributed by atoms with Crippen LogP contribution in [0.15, 0.2) is 66.0 Å². The van der Waals surface area contributed by atoms with Gasteiger partial charge in [0.05, 0.1) is 21.5 Å². The van der Waals surface area contributed by atoms with Gasteiger partial charge in [-0.25, -0.2) is 15.0 Å². The first-order valence-corrected chi connectivity index (χ1v) is 11.4. The Hall–Kier alpha value is -3.03. The third-order valence-corrected chi connectivity index (χ3v) is 7.05. The third kappa shape index (κ3) is 3.74. The summed E-state index contributed by atoms with van der Waals surface area (Å²) in [5.74, 6) is 0.290. The van der Waals surface area contributed by atoms with E-state index < -0.39 is 0 Å². The number of carbonyl (C=O) groups is 1. The standard InChI is InChI=1S/C23H18N4OS2/c1-14-7-8-16-10-17-20-21(30-22(17)27-18(16)9-14)23(26-13-25-20)29-12-19(28)24-11-15-5-3-2-4-6-15/h2-10,13H,11-12H2,1H3,(H,24,28). The van der Waals surface area contributed by atoms with Crippen LogP contribution in [0, 0.1) is 6.92 Å². The summed E-state index contributed by atoms with van der Waals surface area (Å²) in [6.45, 7) is 2.59. The van der Waals surface area contributed by atoms with Crippen molar-refractivity contribution in [3.63, 3.8) is 0 Å². The van der Waals surface area contributed by atoms with E-state index in [2.05, 4.69) is 46.5 Å². The van der Waals surface area contributed by atoms with Gasteiger partial charge in [0.25, 0.3) is 0 Å². The number of hydrogen-bond acceptors (Lipinski definition) is 6. The number of carbonyl (C=O) groups excluding carboxylic acids is 1. The molecular formula is C23H18N4OS2. The van der Waals surface area contributed by atoms with Crippen LogP contribution in [-0.2, 0) is 11.3 Å². The van der Waals surface area contributed by atoms with Crippen molar-refractivity contribution in [3.8, 4) is 0 Å². The molecule has 30 heavy (non-hydrogen) atoms. The fourth-order valence-electron chi connectivity index (χ4n) is 3.33. The van der Waals surface area contributed by atoms with E-state index in [1.807, 2.05) is 30.3 Å². The van der Waals surface area contributed by atoms with Gasteiger partial charge in [0.1, 0.15) is 16.2 Å². The van der Waals surface area contributed by atoms with Crippen molar-refractivity contribution in [2.45, 2.75) is 18.5 Å². The summed E-state index contributed by atoms with van der Waals surface area (Å²) in [5, 5.41) is 5.91. The number of thiophene rings is 1. The van der Waals surface area contributed by atoms with E-state index in [-0.39, 0.29) is 5.91 Å². The lowest BCUT2D eigenvalue weighted by Crippen LogP contribution is -2.24. The molecule has 0 aliphatic heterocycles. The second-order valence-electron chi connectivity index (χ2n) is 7.05. The zero-order valence-corrected chi connectivity index (χ0v) is 17.9. The Morgan fingerprint density at radius 2 is 1.97 bits per heavy atom. The van der Waals surface area contributed by atoms with Crippen LogP contribution in [0.2, 0.25) is 0 Å². The lowest BCUT2D eigenvalue weighted by Gasteiger charge is -2.05. The smallest absolute Gasteiger partial charge is 0.230 e. The Kier molecular flexibility index (Phi) is 5.06. The van der Waals surface area contributed by atoms with Gasteiger partial charge in [-0.3, -0.25) is 4.79 Å². The quantitative estimate of drug-likeness (QED) is 0.310. The molecule has 3 aromatic heterocycles. The Labute approximate surface area is 181 Å². The first-order valence-electron chi connectivity index (χ1n) is 9.55. The van der Waals surface area contributed by atoms with Crippen LogP contribution in [0.1, 0.15) is 11.1 Å². The molecule has 0 saturated carbocycles. The van der Waals surface area contributed by atoms with Crippen LogP contribution < -0.4 is 5.32 Å². The molecule has 0 unspecified atom stereocenters. The number of amides is 1. The zero-order chi connectivity index (χ0) is 20.5. The number of fused-ring (bicyclic) bond motifs is 4. The van der Waals surface area contributed by atoms with E-state index in [1.54, 1.807) is 17.7 Å². The number of benzene rings is 2. The molecule has 0 aliphatic carbocycles. The molecule has 1 N–H and O–H groups in total. The van der Waals surface area contributed by atoms with Crippen molar-refractivity contribution < 1.29 is 4.79 Å². The van der Waals surface area contributed by atoms with E-state index in [4.69, 9.17) is 4.98 Å². The SMILES string of the molecule is Cc1ccc2cc3c(nc2c1)sc1c(SCC(=O)NCc2ccccc2)ncnc13. The van der Waals surface area contributed by atoms with E-state index in [9.17, 15) is 4.79 Å². The molecular weight excluding hydrogens is 412 g/mol. The highest BCUT2D eigenvalue weighted by molar-refractivity contribution is 8.00. The predicted molar refractivity (Wildman–Crippen MR) is 124 cm³/mol. The first kappa shape index (κ1) is 19.0. The molecule has 0 radical (unpaired) electrons. The maximum Gasteiger partial charge on any atom is 0.230 e. The maximum absolute atomic E-state index is 12.3. The Bertz CT molecular complexity index is 1380. The average Bonchev–Trinajstić information content (AvgIpc) is 3.13. The molecule has 0 atom stereocenters. The lowest BCUT2D eigenvalue weighted by molar-refractivity contribution is -0.118. The minimum Gasteiger partial charge on any atom is -0.351 e. The summed E-state index contributed by atoms with van der Waals surface area (Å²) in [6.07, 6.45) is 1.57. The fraction of sp³-hybridized carbons (Fsp3) is 0.130. The number of aryl methyl sites for hydroxylation is 1. The van der Waals surface area contributed by atoms with Gasteiger partial charge in [-0.1, -0.05) is 54.2 Å². The molecule has 0 fully saturated rings. The largest absolute Gasteiger partial charge is 0.351 e. The molecule has 1 amide bonds. The number of nitrogens with zero attached hydrogens (tertiary/aromatic N) is 3. The zero-order valence-electron chi connectivity index (χ0n) is 16.3. The molecule has 7 heteroatoms. The summed E-state index contributed by atoms with van der Waals surface area (Å²) < 4.78 is 0.980. The van der Waals surface area contributed by atoms with Gasteiger partial charge in [-0.15, -0.1) is 11.3 Å². The number of hydrogen-bond donors (Lipinski definition) is 1. The first-order chi connectivity index (χ1) is 14.7. The van der Waals surface area contributed by atoms with Crippen LogP contribution in [0.4, 0.5) is 0 Å². The highest BCUT2D eigenvalue weighted by Gasteiger charge is 2.15. The molecule has 0 spiro atoms. The molecule has 0 aliphatic rings. The number of aromatic nitrogens is 3. The van der Waals surface area contributed by atoms with Gasteiger partial charge >= 0.3 is 0 Å². The number of nitrogens with one attached hydrogen (secondary N) is 1. The Morgan fingerprint density at radius 3 is 2.83 bits per heavy atom. The fourth-order valence-corrected chi connectivity index (χ4v) is 5.35. The molecule has 5 rings (SSSR count). The van der Waals surface area contributed by atoms with Crippen LogP contribution in [-0.4, -0.2) is 26.6 Å². The van der Waals surface area contributed by atoms with E-state index in [0.29, 0.717) is 12.3 Å². The van der Waals surface area contributed by atoms with Crippen LogP contribution >= 0.6 is 23.1 Å². The molecule has 148 valence electrons. The molecule has 5 aromatic rings. The summed E-state index contributed by atoms with van der Waals surface area (Å²) in [6, 6.07) is 18.3. The van der Waals surface area contributed by atoms with E-state index in [0.717, 1.165) is 41.9 Å². The minimum absolute atomic E-state index is 0.0175. The topological polar surface area (TPSA) is 67.8 Å². The number of thioether (sulfide) groups is 1. The number of pyridine rings is 1. The summed E-state index contributed by atoms with van der Waals surface area (Å²) >= 11 is 3.02. The Morgan fingerprint density at radius 1 is 1.10 bits per heavy atom. The number of rotatable bonds is 5. The molecule has 5 nitrogen and oxygen atoms in total. The van der Waals surface area contributed by atoms with Crippen molar-refractivity contribution >= 4 is 60.3 Å². The van der Waals surface area contributed by atoms with Gasteiger partial charge in [-0.2, -0.15) is 0 Å². The highest BCUT2D eigenvalue weighted by Crippen LogP contribution is 2.37. The third-order valence-electron chi connectivity index (χ3n) is 4.84. The lowest BCUT2D eigenvalue weighted by atomic mass is 10.1. The van der Waals surface area contributed by atoms with Gasteiger partial charge in [0.2, 0.25) is 5.91 Å². The summed E-state index contributed by atoms with van der Waals surface area (Å²) in [7, 11) is 0. The van der Waals surface area contributed by atoms with Crippen molar-refractivity contribution in [2.75, 3.05) is 5.75 Å². The monoisotopic (exact) mass is 430 g/mol. The minimum atomic E-state index is -0.0175. The maximum atomic E-state index is 12.3. The van der Waals surface area contributed by atoms with E-state index in [1.165, 1.54) is 17.3 Å². The van der Waals surface area contributed by atoms with Crippen molar-refractivity contribution in [1.82, 2.24) is 20.3 Å². The van der Waals surface area contributed by atoms with Crippen LogP contribution in [0.25, 0.3) is 31.3 Å². The van der Waals surface area contributed by atoms with Crippen molar-refractivity contribution in [1.29, 1.82) is 0 Å². The second kappa shape index (κ2) is 8.01. The Balaban J connectivity index is 1.39. The van der Waals surface area contributed by atoms with Gasteiger partial charge < -0.3 is 5.32 Å². The van der Waals surface area contributed by atoms with Crippen LogP contribution in [0.3, 0.4) is 0 Å². The van der Waals surface area contributed by atoms with Gasteiger partial charge in [0, 0.05) is 17.3 Å². The molecule has 0 bridgehead atoms.